The van der Waals surface area contributed by atoms with Gasteiger partial charge in [-0.2, -0.15) is 0 Å². The molecule has 2 aromatic rings. The fourth-order valence-corrected chi connectivity index (χ4v) is 2.31. The second kappa shape index (κ2) is 6.32. The van der Waals surface area contributed by atoms with Gasteiger partial charge in [-0.25, -0.2) is 0 Å². The minimum Gasteiger partial charge on any atom is -0.489 e. The Balaban J connectivity index is 1.76. The summed E-state index contributed by atoms with van der Waals surface area (Å²) in [5, 5.41) is 1.51. The summed E-state index contributed by atoms with van der Waals surface area (Å²) in [4.78, 5) is 0. The molecule has 1 unspecified atom stereocenters. The second-order valence-electron chi connectivity index (χ2n) is 4.54. The molecule has 1 atom stereocenters. The van der Waals surface area contributed by atoms with Crippen molar-refractivity contribution in [2.75, 3.05) is 13.2 Å². The van der Waals surface area contributed by atoms with Crippen molar-refractivity contribution in [2.24, 2.45) is 0 Å². The summed E-state index contributed by atoms with van der Waals surface area (Å²) in [7, 11) is 0. The van der Waals surface area contributed by atoms with Gasteiger partial charge in [-0.05, 0) is 30.3 Å². The highest BCUT2D eigenvalue weighted by atomic mass is 35.5. The molecule has 1 saturated heterocycles. The van der Waals surface area contributed by atoms with Crippen molar-refractivity contribution >= 4 is 34.8 Å². The zero-order chi connectivity index (χ0) is 14.8. The molecule has 0 saturated carbocycles. The lowest BCUT2D eigenvalue weighted by atomic mass is 10.3. The average Bonchev–Trinajstić information content (AvgIpc) is 3.26. The van der Waals surface area contributed by atoms with Crippen LogP contribution in [0.5, 0.6) is 17.2 Å². The van der Waals surface area contributed by atoms with E-state index in [4.69, 9.17) is 49.0 Å². The van der Waals surface area contributed by atoms with Crippen LogP contribution in [0.4, 0.5) is 0 Å². The van der Waals surface area contributed by atoms with Crippen molar-refractivity contribution < 1.29 is 14.2 Å². The van der Waals surface area contributed by atoms with Gasteiger partial charge in [0.1, 0.15) is 30.0 Å². The number of rotatable bonds is 5. The number of benzene rings is 2. The monoisotopic (exact) mass is 344 g/mol. The smallest absolute Gasteiger partial charge is 0.146 e. The van der Waals surface area contributed by atoms with Gasteiger partial charge in [0.25, 0.3) is 0 Å². The SMILES string of the molecule is Clc1ccc(Oc2ccc(Cl)c(OCC3CO3)c2)c(Cl)c1. The molecule has 0 amide bonds. The molecule has 6 heteroatoms. The van der Waals surface area contributed by atoms with E-state index in [1.165, 1.54) is 0 Å². The maximum Gasteiger partial charge on any atom is 0.146 e. The van der Waals surface area contributed by atoms with Gasteiger partial charge in [-0.15, -0.1) is 0 Å². The molecule has 0 aromatic heterocycles. The Hall–Kier alpha value is -1.13. The molecule has 0 N–H and O–H groups in total. The van der Waals surface area contributed by atoms with Crippen LogP contribution in [-0.4, -0.2) is 19.3 Å². The number of ether oxygens (including phenoxy) is 3. The number of hydrogen-bond acceptors (Lipinski definition) is 3. The third-order valence-electron chi connectivity index (χ3n) is 2.85. The van der Waals surface area contributed by atoms with Crippen LogP contribution in [0.3, 0.4) is 0 Å². The Labute approximate surface area is 137 Å². The lowest BCUT2D eigenvalue weighted by Gasteiger charge is -2.11. The lowest BCUT2D eigenvalue weighted by molar-refractivity contribution is 0.262. The Kier molecular flexibility index (Phi) is 4.45. The number of halogens is 3. The Bertz CT molecular complexity index is 657. The van der Waals surface area contributed by atoms with E-state index >= 15 is 0 Å². The summed E-state index contributed by atoms with van der Waals surface area (Å²) in [6.45, 7) is 1.21. The first kappa shape index (κ1) is 14.8. The average molecular weight is 346 g/mol. The highest BCUT2D eigenvalue weighted by molar-refractivity contribution is 6.35. The van der Waals surface area contributed by atoms with E-state index in [0.29, 0.717) is 38.9 Å². The molecular weight excluding hydrogens is 335 g/mol. The zero-order valence-electron chi connectivity index (χ0n) is 10.8. The zero-order valence-corrected chi connectivity index (χ0v) is 13.1. The van der Waals surface area contributed by atoms with Crippen LogP contribution < -0.4 is 9.47 Å². The number of epoxide rings is 1. The van der Waals surface area contributed by atoms with Gasteiger partial charge >= 0.3 is 0 Å². The molecule has 3 rings (SSSR count). The Morgan fingerprint density at radius 1 is 1.00 bits per heavy atom. The van der Waals surface area contributed by atoms with Crippen molar-refractivity contribution in [3.05, 3.63) is 51.5 Å². The molecule has 3 nitrogen and oxygen atoms in total. The highest BCUT2D eigenvalue weighted by Gasteiger charge is 2.23. The van der Waals surface area contributed by atoms with Crippen molar-refractivity contribution in [1.29, 1.82) is 0 Å². The fraction of sp³-hybridized carbons (Fsp3) is 0.200. The van der Waals surface area contributed by atoms with Gasteiger partial charge in [0.05, 0.1) is 16.7 Å². The Morgan fingerprint density at radius 3 is 2.52 bits per heavy atom. The standard InChI is InChI=1S/C15H11Cl3O3/c16-9-1-4-14(13(18)5-9)21-10-2-3-12(17)15(6-10)20-8-11-7-19-11/h1-6,11H,7-8H2. The molecular formula is C15H11Cl3O3. The molecule has 21 heavy (non-hydrogen) atoms. The summed E-state index contributed by atoms with van der Waals surface area (Å²) in [5.74, 6) is 1.64. The Morgan fingerprint density at radius 2 is 1.81 bits per heavy atom. The molecule has 1 aliphatic heterocycles. The van der Waals surface area contributed by atoms with E-state index in [9.17, 15) is 0 Å². The molecule has 0 aliphatic carbocycles. The van der Waals surface area contributed by atoms with Crippen LogP contribution in [0.2, 0.25) is 15.1 Å². The van der Waals surface area contributed by atoms with E-state index in [2.05, 4.69) is 0 Å². The van der Waals surface area contributed by atoms with Crippen molar-refractivity contribution in [3.8, 4) is 17.2 Å². The quantitative estimate of drug-likeness (QED) is 0.696. The van der Waals surface area contributed by atoms with E-state index in [1.807, 2.05) is 0 Å². The minimum atomic E-state index is 0.163. The first-order valence-electron chi connectivity index (χ1n) is 6.28. The van der Waals surface area contributed by atoms with Crippen LogP contribution in [0.25, 0.3) is 0 Å². The van der Waals surface area contributed by atoms with Crippen molar-refractivity contribution in [2.45, 2.75) is 6.10 Å². The van der Waals surface area contributed by atoms with E-state index in [-0.39, 0.29) is 6.10 Å². The van der Waals surface area contributed by atoms with E-state index in [0.717, 1.165) is 6.61 Å². The maximum absolute atomic E-state index is 6.09. The van der Waals surface area contributed by atoms with Crippen LogP contribution in [-0.2, 0) is 4.74 Å². The fourth-order valence-electron chi connectivity index (χ4n) is 1.69. The summed E-state index contributed by atoms with van der Waals surface area (Å²) in [6.07, 6.45) is 0.163. The van der Waals surface area contributed by atoms with Crippen LogP contribution in [0, 0.1) is 0 Å². The first-order chi connectivity index (χ1) is 10.1. The van der Waals surface area contributed by atoms with E-state index in [1.54, 1.807) is 36.4 Å². The van der Waals surface area contributed by atoms with Crippen LogP contribution in [0.1, 0.15) is 0 Å². The minimum absolute atomic E-state index is 0.163. The van der Waals surface area contributed by atoms with Gasteiger partial charge < -0.3 is 14.2 Å². The van der Waals surface area contributed by atoms with Crippen molar-refractivity contribution in [1.82, 2.24) is 0 Å². The largest absolute Gasteiger partial charge is 0.489 e. The summed E-state index contributed by atoms with van der Waals surface area (Å²) < 4.78 is 16.4. The molecule has 2 aromatic carbocycles. The maximum atomic E-state index is 6.09. The summed E-state index contributed by atoms with van der Waals surface area (Å²) >= 11 is 18.0. The van der Waals surface area contributed by atoms with Crippen LogP contribution >= 0.6 is 34.8 Å². The molecule has 1 heterocycles. The van der Waals surface area contributed by atoms with Crippen LogP contribution in [0.15, 0.2) is 36.4 Å². The van der Waals surface area contributed by atoms with Gasteiger partial charge in [0.15, 0.2) is 0 Å². The molecule has 0 spiro atoms. The highest BCUT2D eigenvalue weighted by Crippen LogP contribution is 2.35. The van der Waals surface area contributed by atoms with E-state index < -0.39 is 0 Å². The molecule has 1 aliphatic rings. The third kappa shape index (κ3) is 3.95. The second-order valence-corrected chi connectivity index (χ2v) is 5.79. The molecule has 1 fully saturated rings. The third-order valence-corrected chi connectivity index (χ3v) is 3.69. The predicted octanol–water partition coefficient (Wildman–Crippen LogP) is 5.22. The van der Waals surface area contributed by atoms with Crippen molar-refractivity contribution in [3.63, 3.8) is 0 Å². The predicted molar refractivity (Wildman–Crippen MR) is 83.2 cm³/mol. The number of hydrogen-bond donors (Lipinski definition) is 0. The first-order valence-corrected chi connectivity index (χ1v) is 7.42. The van der Waals surface area contributed by atoms with Gasteiger partial charge in [0.2, 0.25) is 0 Å². The van der Waals surface area contributed by atoms with Gasteiger partial charge in [-0.3, -0.25) is 0 Å². The van der Waals surface area contributed by atoms with Gasteiger partial charge in [0, 0.05) is 11.1 Å². The van der Waals surface area contributed by atoms with Gasteiger partial charge in [-0.1, -0.05) is 34.8 Å². The molecule has 0 bridgehead atoms. The normalized spacial score (nSPS) is 16.6. The topological polar surface area (TPSA) is 31.0 Å². The molecule has 110 valence electrons. The summed E-state index contributed by atoms with van der Waals surface area (Å²) in [6, 6.07) is 10.2. The summed E-state index contributed by atoms with van der Waals surface area (Å²) in [5.41, 5.74) is 0. The molecule has 0 radical (unpaired) electrons. The lowest BCUT2D eigenvalue weighted by Crippen LogP contribution is -2.04.